The molecule has 0 bridgehead atoms. The summed E-state index contributed by atoms with van der Waals surface area (Å²) in [5, 5.41) is 3.25. The third-order valence-electron chi connectivity index (χ3n) is 4.33. The first-order valence-corrected chi connectivity index (χ1v) is 7.67. The van der Waals surface area contributed by atoms with E-state index >= 15 is 0 Å². The van der Waals surface area contributed by atoms with Crippen molar-refractivity contribution in [2.24, 2.45) is 5.92 Å². The molecule has 0 spiro atoms. The molecule has 0 saturated heterocycles. The molecule has 2 unspecified atom stereocenters. The fourth-order valence-corrected chi connectivity index (χ4v) is 2.99. The molecule has 0 aliphatic carbocycles. The zero-order valence-electron chi connectivity index (χ0n) is 13.0. The van der Waals surface area contributed by atoms with Gasteiger partial charge in [0.15, 0.2) is 0 Å². The Kier molecular flexibility index (Phi) is 3.93. The van der Waals surface area contributed by atoms with Crippen molar-refractivity contribution in [1.29, 1.82) is 0 Å². The van der Waals surface area contributed by atoms with Crippen LogP contribution in [0.25, 0.3) is 0 Å². The van der Waals surface area contributed by atoms with Crippen LogP contribution in [0.4, 0.5) is 11.5 Å². The van der Waals surface area contributed by atoms with Crippen molar-refractivity contribution >= 4 is 11.5 Å². The van der Waals surface area contributed by atoms with Crippen molar-refractivity contribution in [3.8, 4) is 0 Å². The van der Waals surface area contributed by atoms with E-state index < -0.39 is 0 Å². The lowest BCUT2D eigenvalue weighted by Crippen LogP contribution is -2.31. The van der Waals surface area contributed by atoms with E-state index in [0.717, 1.165) is 18.8 Å². The van der Waals surface area contributed by atoms with Crippen LogP contribution in [0.15, 0.2) is 42.6 Å². The Morgan fingerprint density at radius 1 is 1.24 bits per heavy atom. The maximum Gasteiger partial charge on any atom is 0.132 e. The van der Waals surface area contributed by atoms with Crippen LogP contribution < -0.4 is 10.2 Å². The fraction of sp³-hybridized carbons (Fsp3) is 0.389. The van der Waals surface area contributed by atoms with E-state index in [2.05, 4.69) is 60.5 Å². The van der Waals surface area contributed by atoms with Crippen molar-refractivity contribution < 1.29 is 0 Å². The van der Waals surface area contributed by atoms with Crippen LogP contribution in [0.5, 0.6) is 0 Å². The lowest BCUT2D eigenvalue weighted by Gasteiger charge is -2.34. The summed E-state index contributed by atoms with van der Waals surface area (Å²) in [4.78, 5) is 7.04. The predicted molar refractivity (Wildman–Crippen MR) is 88.0 cm³/mol. The number of rotatable bonds is 3. The van der Waals surface area contributed by atoms with Crippen molar-refractivity contribution in [2.45, 2.75) is 26.3 Å². The third-order valence-corrected chi connectivity index (χ3v) is 4.33. The van der Waals surface area contributed by atoms with E-state index in [0.29, 0.717) is 12.0 Å². The van der Waals surface area contributed by atoms with Gasteiger partial charge in [0.2, 0.25) is 0 Å². The molecule has 2 heterocycles. The summed E-state index contributed by atoms with van der Waals surface area (Å²) in [6.07, 6.45) is 3.14. The number of fused-ring (bicyclic) bond motifs is 1. The van der Waals surface area contributed by atoms with Crippen LogP contribution in [-0.2, 0) is 6.42 Å². The zero-order valence-corrected chi connectivity index (χ0v) is 13.0. The first kappa shape index (κ1) is 14.1. The second-order valence-corrected chi connectivity index (χ2v) is 6.01. The summed E-state index contributed by atoms with van der Waals surface area (Å²) >= 11 is 0. The summed E-state index contributed by atoms with van der Waals surface area (Å²) in [5.74, 6) is 1.69. The Hall–Kier alpha value is -1.87. The molecule has 0 fully saturated rings. The van der Waals surface area contributed by atoms with Crippen molar-refractivity contribution in [2.75, 3.05) is 18.5 Å². The number of hydrogen-bond acceptors (Lipinski definition) is 3. The van der Waals surface area contributed by atoms with Gasteiger partial charge in [0.25, 0.3) is 0 Å². The van der Waals surface area contributed by atoms with Crippen molar-refractivity contribution in [3.63, 3.8) is 0 Å². The Bertz CT molecular complexity index is 606. The Morgan fingerprint density at radius 2 is 2.05 bits per heavy atom. The lowest BCUT2D eigenvalue weighted by molar-refractivity contribution is 0.560. The van der Waals surface area contributed by atoms with E-state index in [1.165, 1.54) is 16.8 Å². The van der Waals surface area contributed by atoms with Gasteiger partial charge in [-0.2, -0.15) is 0 Å². The molecule has 0 saturated carbocycles. The normalized spacial score (nSPS) is 19.2. The maximum atomic E-state index is 4.69. The highest BCUT2D eigenvalue weighted by molar-refractivity contribution is 5.65. The highest BCUT2D eigenvalue weighted by Crippen LogP contribution is 2.34. The molecule has 3 nitrogen and oxygen atoms in total. The minimum Gasteiger partial charge on any atom is -0.326 e. The Balaban J connectivity index is 1.93. The number of anilines is 2. The number of hydrogen-bond donors (Lipinski definition) is 1. The molecule has 110 valence electrons. The van der Waals surface area contributed by atoms with Crippen LogP contribution in [0.1, 0.15) is 31.0 Å². The molecular weight excluding hydrogens is 258 g/mol. The molecule has 3 heteroatoms. The van der Waals surface area contributed by atoms with Gasteiger partial charge in [0.05, 0.1) is 0 Å². The Labute approximate surface area is 127 Å². The van der Waals surface area contributed by atoms with Gasteiger partial charge < -0.3 is 10.2 Å². The minimum atomic E-state index is 0.333. The molecule has 3 rings (SSSR count). The SMILES string of the molecule is CNC(C)c1ccc(N2CC(C)Cc3ccccc32)nc1. The van der Waals surface area contributed by atoms with Crippen LogP contribution >= 0.6 is 0 Å². The average Bonchev–Trinajstić information content (AvgIpc) is 2.53. The topological polar surface area (TPSA) is 28.2 Å². The molecule has 1 aliphatic rings. The van der Waals surface area contributed by atoms with E-state index in [-0.39, 0.29) is 0 Å². The van der Waals surface area contributed by atoms with E-state index in [9.17, 15) is 0 Å². The van der Waals surface area contributed by atoms with Crippen molar-refractivity contribution in [1.82, 2.24) is 10.3 Å². The highest BCUT2D eigenvalue weighted by atomic mass is 15.2. The third kappa shape index (κ3) is 2.79. The van der Waals surface area contributed by atoms with Gasteiger partial charge in [-0.25, -0.2) is 4.98 Å². The molecule has 0 radical (unpaired) electrons. The van der Waals surface area contributed by atoms with Crippen LogP contribution in [0, 0.1) is 5.92 Å². The number of nitrogens with zero attached hydrogens (tertiary/aromatic N) is 2. The largest absolute Gasteiger partial charge is 0.326 e. The van der Waals surface area contributed by atoms with E-state index in [1.807, 2.05) is 13.2 Å². The van der Waals surface area contributed by atoms with Gasteiger partial charge in [0, 0.05) is 24.5 Å². The molecule has 1 aromatic heterocycles. The summed E-state index contributed by atoms with van der Waals surface area (Å²) in [6, 6.07) is 13.3. The molecule has 2 aromatic rings. The maximum absolute atomic E-state index is 4.69. The molecule has 1 aromatic carbocycles. The van der Waals surface area contributed by atoms with Crippen LogP contribution in [0.3, 0.4) is 0 Å². The number of pyridine rings is 1. The first-order valence-electron chi connectivity index (χ1n) is 7.67. The van der Waals surface area contributed by atoms with Gasteiger partial charge in [-0.05, 0) is 49.6 Å². The second kappa shape index (κ2) is 5.86. The summed E-state index contributed by atoms with van der Waals surface area (Å²) in [5.41, 5.74) is 3.95. The van der Waals surface area contributed by atoms with Crippen LogP contribution in [-0.4, -0.2) is 18.6 Å². The molecular formula is C18H23N3. The minimum absolute atomic E-state index is 0.333. The second-order valence-electron chi connectivity index (χ2n) is 6.01. The summed E-state index contributed by atoms with van der Waals surface area (Å²) in [7, 11) is 1.97. The number of benzene rings is 1. The summed E-state index contributed by atoms with van der Waals surface area (Å²) in [6.45, 7) is 5.49. The molecule has 1 N–H and O–H groups in total. The lowest BCUT2D eigenvalue weighted by atomic mass is 9.94. The number of para-hydroxylation sites is 1. The standard InChI is InChI=1S/C18H23N3/c1-13-10-15-6-4-5-7-17(15)21(12-13)18-9-8-16(11-20-18)14(2)19-3/h4-9,11,13-14,19H,10,12H2,1-3H3. The van der Waals surface area contributed by atoms with Gasteiger partial charge in [-0.1, -0.05) is 31.2 Å². The first-order chi connectivity index (χ1) is 10.2. The molecule has 1 aliphatic heterocycles. The van der Waals surface area contributed by atoms with E-state index in [1.54, 1.807) is 0 Å². The smallest absolute Gasteiger partial charge is 0.132 e. The molecule has 0 amide bonds. The van der Waals surface area contributed by atoms with Crippen molar-refractivity contribution in [3.05, 3.63) is 53.7 Å². The van der Waals surface area contributed by atoms with Gasteiger partial charge in [-0.3, -0.25) is 0 Å². The van der Waals surface area contributed by atoms with Gasteiger partial charge in [-0.15, -0.1) is 0 Å². The van der Waals surface area contributed by atoms with Gasteiger partial charge >= 0.3 is 0 Å². The highest BCUT2D eigenvalue weighted by Gasteiger charge is 2.23. The molecule has 21 heavy (non-hydrogen) atoms. The quantitative estimate of drug-likeness (QED) is 0.930. The monoisotopic (exact) mass is 281 g/mol. The predicted octanol–water partition coefficient (Wildman–Crippen LogP) is 3.69. The zero-order chi connectivity index (χ0) is 14.8. The summed E-state index contributed by atoms with van der Waals surface area (Å²) < 4.78 is 0. The van der Waals surface area contributed by atoms with E-state index in [4.69, 9.17) is 4.98 Å². The Morgan fingerprint density at radius 3 is 2.76 bits per heavy atom. The number of aromatic nitrogens is 1. The molecule has 2 atom stereocenters. The van der Waals surface area contributed by atoms with Gasteiger partial charge in [0.1, 0.15) is 5.82 Å². The average molecular weight is 281 g/mol. The fourth-order valence-electron chi connectivity index (χ4n) is 2.99. The van der Waals surface area contributed by atoms with Crippen LogP contribution in [0.2, 0.25) is 0 Å². The number of nitrogens with one attached hydrogen (secondary N) is 1.